The van der Waals surface area contributed by atoms with E-state index in [0.29, 0.717) is 0 Å². The predicted molar refractivity (Wildman–Crippen MR) is 50.4 cm³/mol. The highest BCUT2D eigenvalue weighted by atomic mass is 16.8. The molecule has 2 aliphatic heterocycles. The maximum atomic E-state index is 11.6. The van der Waals surface area contributed by atoms with E-state index < -0.39 is 54.3 Å². The molecule has 3 atom stereocenters. The number of esters is 3. The molecule has 2 fully saturated rings. The topological polar surface area (TPSA) is 162 Å². The fraction of sp³-hybridized carbons (Fsp3) is 0.556. The smallest absolute Gasteiger partial charge is 0.366 e. The van der Waals surface area contributed by atoms with Gasteiger partial charge in [0, 0.05) is 0 Å². The summed E-state index contributed by atoms with van der Waals surface area (Å²) in [6, 6.07) is 0. The molecule has 0 saturated carbocycles. The number of carbonyl (C=O) groups is 4. The third kappa shape index (κ3) is 2.00. The SMILES string of the molecule is NC(=O)C1(O)OC(=O)CC2(O)CC(=O)OC1OC2=O. The zero-order valence-electron chi connectivity index (χ0n) is 9.32. The van der Waals surface area contributed by atoms with Crippen molar-refractivity contribution in [2.75, 3.05) is 0 Å². The Kier molecular flexibility index (Phi) is 2.72. The number of rotatable bonds is 1. The Morgan fingerprint density at radius 1 is 1.16 bits per heavy atom. The molecule has 0 aromatic carbocycles. The van der Waals surface area contributed by atoms with Crippen LogP contribution in [0.4, 0.5) is 0 Å². The van der Waals surface area contributed by atoms with Crippen LogP contribution in [0.3, 0.4) is 0 Å². The monoisotopic (exact) mass is 275 g/mol. The molecular weight excluding hydrogens is 266 g/mol. The number of cyclic esters (lactones) is 1. The lowest BCUT2D eigenvalue weighted by Crippen LogP contribution is -2.60. The molecule has 2 heterocycles. The van der Waals surface area contributed by atoms with Crippen molar-refractivity contribution < 1.29 is 43.6 Å². The molecule has 2 rings (SSSR count). The van der Waals surface area contributed by atoms with E-state index in [1.165, 1.54) is 0 Å². The Morgan fingerprint density at radius 3 is 2.32 bits per heavy atom. The second-order valence-corrected chi connectivity index (χ2v) is 4.15. The maximum absolute atomic E-state index is 11.6. The summed E-state index contributed by atoms with van der Waals surface area (Å²) in [5, 5.41) is 19.6. The van der Waals surface area contributed by atoms with Gasteiger partial charge < -0.3 is 30.2 Å². The molecular formula is C9H9NO9. The average Bonchev–Trinajstić information content (AvgIpc) is 2.33. The zero-order chi connectivity index (χ0) is 14.4. The van der Waals surface area contributed by atoms with Crippen molar-refractivity contribution in [2.24, 2.45) is 5.73 Å². The fourth-order valence-corrected chi connectivity index (χ4v) is 1.66. The summed E-state index contributed by atoms with van der Waals surface area (Å²) in [5.74, 6) is -8.63. The number of nitrogens with two attached hydrogens (primary N) is 1. The van der Waals surface area contributed by atoms with E-state index in [4.69, 9.17) is 5.73 Å². The number of aliphatic hydroxyl groups is 2. The average molecular weight is 275 g/mol. The molecule has 0 radical (unpaired) electrons. The molecule has 104 valence electrons. The lowest BCUT2D eigenvalue weighted by molar-refractivity contribution is -0.295. The molecule has 0 aliphatic carbocycles. The van der Waals surface area contributed by atoms with Gasteiger partial charge in [-0.1, -0.05) is 0 Å². The fourth-order valence-electron chi connectivity index (χ4n) is 1.66. The van der Waals surface area contributed by atoms with Crippen molar-refractivity contribution in [1.29, 1.82) is 0 Å². The van der Waals surface area contributed by atoms with Crippen LogP contribution in [0.1, 0.15) is 12.8 Å². The number of primary amides is 1. The van der Waals surface area contributed by atoms with Gasteiger partial charge in [-0.05, 0) is 0 Å². The molecule has 2 bridgehead atoms. The van der Waals surface area contributed by atoms with Gasteiger partial charge in [0.25, 0.3) is 5.91 Å². The van der Waals surface area contributed by atoms with Gasteiger partial charge >= 0.3 is 30.0 Å². The van der Waals surface area contributed by atoms with Crippen LogP contribution >= 0.6 is 0 Å². The number of hydrogen-bond donors (Lipinski definition) is 3. The standard InChI is InChI=1S/C9H9NO9/c10-5(13)9(16)7-17-3(11)1-8(15,6(14)18-7)2-4(12)19-9/h7,15-16H,1-2H2,(H2,10,13). The summed E-state index contributed by atoms with van der Waals surface area (Å²) in [6.07, 6.45) is -4.15. The van der Waals surface area contributed by atoms with Crippen molar-refractivity contribution in [3.63, 3.8) is 0 Å². The van der Waals surface area contributed by atoms with Crippen molar-refractivity contribution >= 4 is 23.8 Å². The quantitative estimate of drug-likeness (QED) is 0.415. The van der Waals surface area contributed by atoms with Crippen molar-refractivity contribution in [2.45, 2.75) is 30.5 Å². The molecule has 3 unspecified atom stereocenters. The maximum Gasteiger partial charge on any atom is 0.366 e. The van der Waals surface area contributed by atoms with E-state index in [0.717, 1.165) is 0 Å². The number of fused-ring (bicyclic) bond motifs is 3. The highest BCUT2D eigenvalue weighted by molar-refractivity contribution is 5.94. The summed E-state index contributed by atoms with van der Waals surface area (Å²) in [4.78, 5) is 45.5. The van der Waals surface area contributed by atoms with Gasteiger partial charge in [0.1, 0.15) is 0 Å². The Bertz CT molecular complexity index is 488. The lowest BCUT2D eigenvalue weighted by atomic mass is 9.95. The second kappa shape index (κ2) is 3.90. The Morgan fingerprint density at radius 2 is 1.74 bits per heavy atom. The van der Waals surface area contributed by atoms with E-state index in [1.807, 2.05) is 0 Å². The highest BCUT2D eigenvalue weighted by Crippen LogP contribution is 2.32. The third-order valence-electron chi connectivity index (χ3n) is 2.65. The van der Waals surface area contributed by atoms with Gasteiger partial charge in [-0.3, -0.25) is 14.4 Å². The normalized spacial score (nSPS) is 38.4. The van der Waals surface area contributed by atoms with Gasteiger partial charge in [0.15, 0.2) is 5.60 Å². The molecule has 10 heteroatoms. The number of ether oxygens (including phenoxy) is 3. The first-order valence-corrected chi connectivity index (χ1v) is 5.04. The third-order valence-corrected chi connectivity index (χ3v) is 2.65. The first-order valence-electron chi connectivity index (χ1n) is 5.04. The number of carbonyl (C=O) groups excluding carboxylic acids is 4. The van der Waals surface area contributed by atoms with Crippen LogP contribution in [0.2, 0.25) is 0 Å². The second-order valence-electron chi connectivity index (χ2n) is 4.15. The molecule has 1 amide bonds. The molecule has 19 heavy (non-hydrogen) atoms. The molecule has 2 aliphatic rings. The summed E-state index contributed by atoms with van der Waals surface area (Å²) >= 11 is 0. The lowest BCUT2D eigenvalue weighted by Gasteiger charge is -2.33. The van der Waals surface area contributed by atoms with Crippen LogP contribution in [-0.4, -0.2) is 51.7 Å². The van der Waals surface area contributed by atoms with E-state index in [9.17, 15) is 29.4 Å². The van der Waals surface area contributed by atoms with E-state index in [1.54, 1.807) is 0 Å². The Hall–Kier alpha value is -2.20. The van der Waals surface area contributed by atoms with Crippen LogP contribution in [0, 0.1) is 0 Å². The molecule has 10 nitrogen and oxygen atoms in total. The van der Waals surface area contributed by atoms with Gasteiger partial charge in [0.05, 0.1) is 12.8 Å². The number of amides is 1. The van der Waals surface area contributed by atoms with Crippen LogP contribution in [-0.2, 0) is 33.4 Å². The first kappa shape index (κ1) is 13.2. The van der Waals surface area contributed by atoms with Gasteiger partial charge in [-0.15, -0.1) is 0 Å². The van der Waals surface area contributed by atoms with Gasteiger partial charge in [0.2, 0.25) is 0 Å². The van der Waals surface area contributed by atoms with E-state index >= 15 is 0 Å². The summed E-state index contributed by atoms with van der Waals surface area (Å²) in [5.41, 5.74) is 2.36. The largest absolute Gasteiger partial charge is 0.417 e. The summed E-state index contributed by atoms with van der Waals surface area (Å²) < 4.78 is 13.3. The zero-order valence-corrected chi connectivity index (χ0v) is 9.32. The first-order chi connectivity index (χ1) is 8.67. The molecule has 0 aromatic rings. The minimum absolute atomic E-state index is 0.883. The summed E-state index contributed by atoms with van der Waals surface area (Å²) in [7, 11) is 0. The highest BCUT2D eigenvalue weighted by Gasteiger charge is 2.60. The molecule has 4 N–H and O–H groups in total. The van der Waals surface area contributed by atoms with Crippen LogP contribution in [0.15, 0.2) is 0 Å². The van der Waals surface area contributed by atoms with Crippen molar-refractivity contribution in [1.82, 2.24) is 0 Å². The molecule has 2 saturated heterocycles. The van der Waals surface area contributed by atoms with Crippen LogP contribution in [0.25, 0.3) is 0 Å². The molecule has 0 aromatic heterocycles. The predicted octanol–water partition coefficient (Wildman–Crippen LogP) is -3.35. The Labute approximate surface area is 105 Å². The van der Waals surface area contributed by atoms with Crippen LogP contribution < -0.4 is 5.73 Å². The molecule has 0 spiro atoms. The minimum Gasteiger partial charge on any atom is -0.417 e. The summed E-state index contributed by atoms with van der Waals surface area (Å²) in [6.45, 7) is 0. The van der Waals surface area contributed by atoms with E-state index in [2.05, 4.69) is 14.2 Å². The van der Waals surface area contributed by atoms with Gasteiger partial charge in [-0.25, -0.2) is 4.79 Å². The Balaban J connectivity index is 2.52. The minimum atomic E-state index is -3.14. The van der Waals surface area contributed by atoms with E-state index in [-0.39, 0.29) is 0 Å². The van der Waals surface area contributed by atoms with Gasteiger partial charge in [-0.2, -0.15) is 0 Å². The number of hydrogen-bond acceptors (Lipinski definition) is 9. The van der Waals surface area contributed by atoms with Crippen molar-refractivity contribution in [3.8, 4) is 0 Å². The van der Waals surface area contributed by atoms with Crippen molar-refractivity contribution in [3.05, 3.63) is 0 Å². The van der Waals surface area contributed by atoms with Crippen LogP contribution in [0.5, 0.6) is 0 Å².